The Morgan fingerprint density at radius 1 is 1.17 bits per heavy atom. The van der Waals surface area contributed by atoms with Crippen LogP contribution < -0.4 is 0 Å². The maximum Gasteiger partial charge on any atom is 0.230 e. The van der Waals surface area contributed by atoms with Gasteiger partial charge in [0, 0.05) is 44.0 Å². The molecule has 0 bridgehead atoms. The van der Waals surface area contributed by atoms with E-state index < -0.39 is 0 Å². The average Bonchev–Trinajstić information content (AvgIpc) is 3.00. The van der Waals surface area contributed by atoms with Gasteiger partial charge in [-0.1, -0.05) is 30.3 Å². The SMILES string of the molecule is Cn1ccnc1CC(=O)N1CCC(C(=O)c2ccccc2)CC1. The van der Waals surface area contributed by atoms with Crippen molar-refractivity contribution in [1.82, 2.24) is 14.5 Å². The van der Waals surface area contributed by atoms with Crippen molar-refractivity contribution in [2.24, 2.45) is 13.0 Å². The van der Waals surface area contributed by atoms with Crippen LogP contribution in [0.3, 0.4) is 0 Å². The predicted molar refractivity (Wildman–Crippen MR) is 87.0 cm³/mol. The average molecular weight is 311 g/mol. The number of ketones is 1. The monoisotopic (exact) mass is 311 g/mol. The Labute approximate surface area is 135 Å². The van der Waals surface area contributed by atoms with Crippen molar-refractivity contribution in [3.63, 3.8) is 0 Å². The van der Waals surface area contributed by atoms with Gasteiger partial charge in [-0.25, -0.2) is 4.98 Å². The summed E-state index contributed by atoms with van der Waals surface area (Å²) in [5, 5.41) is 0. The van der Waals surface area contributed by atoms with Gasteiger partial charge in [0.25, 0.3) is 0 Å². The molecule has 0 aliphatic carbocycles. The summed E-state index contributed by atoms with van der Waals surface area (Å²) in [6.45, 7) is 1.29. The van der Waals surface area contributed by atoms with E-state index in [0.717, 1.165) is 24.2 Å². The lowest BCUT2D eigenvalue weighted by Crippen LogP contribution is -2.41. The van der Waals surface area contributed by atoms with E-state index in [-0.39, 0.29) is 17.6 Å². The second-order valence-electron chi connectivity index (χ2n) is 6.02. The number of hydrogen-bond acceptors (Lipinski definition) is 3. The molecule has 1 saturated heterocycles. The van der Waals surface area contributed by atoms with E-state index in [1.54, 1.807) is 6.20 Å². The summed E-state index contributed by atoms with van der Waals surface area (Å²) in [4.78, 5) is 30.9. The number of Topliss-reactive ketones (excluding diaryl/α,β-unsaturated/α-hetero) is 1. The number of aromatic nitrogens is 2. The van der Waals surface area contributed by atoms with Crippen LogP contribution in [0, 0.1) is 5.92 Å². The third kappa shape index (κ3) is 3.50. The molecule has 1 aromatic carbocycles. The maximum absolute atomic E-state index is 12.5. The quantitative estimate of drug-likeness (QED) is 0.812. The fourth-order valence-corrected chi connectivity index (χ4v) is 3.04. The molecular weight excluding hydrogens is 290 g/mol. The summed E-state index contributed by atoms with van der Waals surface area (Å²) in [6, 6.07) is 9.41. The normalized spacial score (nSPS) is 15.6. The third-order valence-corrected chi connectivity index (χ3v) is 4.51. The van der Waals surface area contributed by atoms with Crippen LogP contribution in [-0.2, 0) is 18.3 Å². The highest BCUT2D eigenvalue weighted by Crippen LogP contribution is 2.22. The van der Waals surface area contributed by atoms with E-state index in [0.29, 0.717) is 19.5 Å². The minimum Gasteiger partial charge on any atom is -0.342 e. The molecule has 1 aromatic heterocycles. The van der Waals surface area contributed by atoms with Crippen LogP contribution in [0.2, 0.25) is 0 Å². The van der Waals surface area contributed by atoms with Gasteiger partial charge in [-0.05, 0) is 12.8 Å². The molecule has 0 atom stereocenters. The molecule has 1 aliphatic rings. The first-order valence-electron chi connectivity index (χ1n) is 7.98. The number of hydrogen-bond donors (Lipinski definition) is 0. The second kappa shape index (κ2) is 6.77. The Bertz CT molecular complexity index is 685. The second-order valence-corrected chi connectivity index (χ2v) is 6.02. The molecule has 2 heterocycles. The number of carbonyl (C=O) groups is 2. The number of likely N-dealkylation sites (tertiary alicyclic amines) is 1. The molecule has 120 valence electrons. The van der Waals surface area contributed by atoms with Crippen LogP contribution in [-0.4, -0.2) is 39.2 Å². The number of benzene rings is 1. The largest absolute Gasteiger partial charge is 0.342 e. The van der Waals surface area contributed by atoms with Crippen LogP contribution in [0.4, 0.5) is 0 Å². The summed E-state index contributed by atoms with van der Waals surface area (Å²) in [7, 11) is 1.89. The zero-order valence-electron chi connectivity index (χ0n) is 13.3. The van der Waals surface area contributed by atoms with Gasteiger partial charge in [0.15, 0.2) is 5.78 Å². The fourth-order valence-electron chi connectivity index (χ4n) is 3.04. The Kier molecular flexibility index (Phi) is 4.55. The van der Waals surface area contributed by atoms with Crippen LogP contribution in [0.25, 0.3) is 0 Å². The van der Waals surface area contributed by atoms with Gasteiger partial charge >= 0.3 is 0 Å². The molecule has 5 heteroatoms. The van der Waals surface area contributed by atoms with E-state index in [9.17, 15) is 9.59 Å². The molecule has 0 spiro atoms. The van der Waals surface area contributed by atoms with Gasteiger partial charge in [0.05, 0.1) is 6.42 Å². The molecule has 5 nitrogen and oxygen atoms in total. The fraction of sp³-hybridized carbons (Fsp3) is 0.389. The van der Waals surface area contributed by atoms with Gasteiger partial charge in [-0.15, -0.1) is 0 Å². The van der Waals surface area contributed by atoms with Crippen LogP contribution in [0.15, 0.2) is 42.7 Å². The van der Waals surface area contributed by atoms with Gasteiger partial charge in [0.2, 0.25) is 5.91 Å². The van der Waals surface area contributed by atoms with Gasteiger partial charge in [-0.3, -0.25) is 9.59 Å². The minimum absolute atomic E-state index is 0.0228. The highest BCUT2D eigenvalue weighted by Gasteiger charge is 2.28. The van der Waals surface area contributed by atoms with Crippen molar-refractivity contribution in [3.8, 4) is 0 Å². The van der Waals surface area contributed by atoms with Gasteiger partial charge in [0.1, 0.15) is 5.82 Å². The van der Waals surface area contributed by atoms with E-state index in [2.05, 4.69) is 4.98 Å². The molecule has 0 radical (unpaired) electrons. The zero-order chi connectivity index (χ0) is 16.2. The summed E-state index contributed by atoms with van der Waals surface area (Å²) < 4.78 is 1.86. The van der Waals surface area contributed by atoms with Crippen molar-refractivity contribution >= 4 is 11.7 Å². The Morgan fingerprint density at radius 3 is 2.48 bits per heavy atom. The summed E-state index contributed by atoms with van der Waals surface area (Å²) >= 11 is 0. The van der Waals surface area contributed by atoms with E-state index >= 15 is 0 Å². The number of amides is 1. The van der Waals surface area contributed by atoms with Crippen molar-refractivity contribution in [3.05, 3.63) is 54.1 Å². The molecule has 3 rings (SSSR count). The van der Waals surface area contributed by atoms with Crippen molar-refractivity contribution in [2.45, 2.75) is 19.3 Å². The van der Waals surface area contributed by atoms with Crippen molar-refractivity contribution in [1.29, 1.82) is 0 Å². The predicted octanol–water partition coefficient (Wildman–Crippen LogP) is 2.08. The molecule has 0 N–H and O–H groups in total. The van der Waals surface area contributed by atoms with Gasteiger partial charge in [-0.2, -0.15) is 0 Å². The minimum atomic E-state index is 0.0228. The number of carbonyl (C=O) groups excluding carboxylic acids is 2. The molecule has 2 aromatic rings. The Morgan fingerprint density at radius 2 is 1.87 bits per heavy atom. The third-order valence-electron chi connectivity index (χ3n) is 4.51. The molecule has 23 heavy (non-hydrogen) atoms. The van der Waals surface area contributed by atoms with E-state index in [1.807, 2.05) is 53.0 Å². The molecule has 0 unspecified atom stereocenters. The zero-order valence-corrected chi connectivity index (χ0v) is 13.3. The molecule has 1 aliphatic heterocycles. The summed E-state index contributed by atoms with van der Waals surface area (Å²) in [6.07, 6.45) is 5.33. The van der Waals surface area contributed by atoms with Crippen molar-refractivity contribution < 1.29 is 9.59 Å². The van der Waals surface area contributed by atoms with Crippen molar-refractivity contribution in [2.75, 3.05) is 13.1 Å². The van der Waals surface area contributed by atoms with Crippen LogP contribution >= 0.6 is 0 Å². The molecular formula is C18H21N3O2. The summed E-state index contributed by atoms with van der Waals surface area (Å²) in [5.41, 5.74) is 0.769. The number of rotatable bonds is 4. The van der Waals surface area contributed by atoms with E-state index in [4.69, 9.17) is 0 Å². The number of piperidine rings is 1. The smallest absolute Gasteiger partial charge is 0.230 e. The molecule has 1 fully saturated rings. The number of nitrogens with zero attached hydrogens (tertiary/aromatic N) is 3. The first-order valence-corrected chi connectivity index (χ1v) is 7.98. The lowest BCUT2D eigenvalue weighted by molar-refractivity contribution is -0.131. The van der Waals surface area contributed by atoms with Crippen LogP contribution in [0.1, 0.15) is 29.0 Å². The topological polar surface area (TPSA) is 55.2 Å². The van der Waals surface area contributed by atoms with Gasteiger partial charge < -0.3 is 9.47 Å². The summed E-state index contributed by atoms with van der Waals surface area (Å²) in [5.74, 6) is 1.08. The molecule has 0 saturated carbocycles. The highest BCUT2D eigenvalue weighted by molar-refractivity contribution is 5.98. The maximum atomic E-state index is 12.5. The number of aryl methyl sites for hydroxylation is 1. The molecule has 1 amide bonds. The lowest BCUT2D eigenvalue weighted by Gasteiger charge is -2.31. The lowest BCUT2D eigenvalue weighted by atomic mass is 9.89. The van der Waals surface area contributed by atoms with Crippen LogP contribution in [0.5, 0.6) is 0 Å². The Hall–Kier alpha value is -2.43. The standard InChI is InChI=1S/C18H21N3O2/c1-20-12-9-19-16(20)13-17(22)21-10-7-15(8-11-21)18(23)14-5-3-2-4-6-14/h2-6,9,12,15H,7-8,10-11,13H2,1H3. The van der Waals surface area contributed by atoms with E-state index in [1.165, 1.54) is 0 Å². The Balaban J connectivity index is 1.55. The highest BCUT2D eigenvalue weighted by atomic mass is 16.2. The number of imidazole rings is 1. The first-order chi connectivity index (χ1) is 11.1. The first kappa shape index (κ1) is 15.5.